The first kappa shape index (κ1) is 20.9. The van der Waals surface area contributed by atoms with Crippen molar-refractivity contribution in [2.45, 2.75) is 11.4 Å². The van der Waals surface area contributed by atoms with Crippen molar-refractivity contribution in [3.05, 3.63) is 90.0 Å². The van der Waals surface area contributed by atoms with Crippen LogP contribution in [-0.4, -0.2) is 20.4 Å². The normalized spacial score (nSPS) is 10.8. The average molecular weight is 424 g/mol. The summed E-state index contributed by atoms with van der Waals surface area (Å²) >= 11 is 0. The fraction of sp³-hybridized carbons (Fsp3) is 0.0476. The number of para-hydroxylation sites is 1. The Morgan fingerprint density at radius 3 is 2.03 bits per heavy atom. The lowest BCUT2D eigenvalue weighted by molar-refractivity contribution is 0.0951. The van der Waals surface area contributed by atoms with Crippen LogP contribution in [0.1, 0.15) is 15.9 Å². The van der Waals surface area contributed by atoms with Gasteiger partial charge >= 0.3 is 6.03 Å². The highest BCUT2D eigenvalue weighted by Crippen LogP contribution is 2.16. The van der Waals surface area contributed by atoms with E-state index in [0.717, 1.165) is 5.56 Å². The zero-order valence-corrected chi connectivity index (χ0v) is 16.6. The minimum atomic E-state index is -3.74. The molecule has 3 aromatic rings. The van der Waals surface area contributed by atoms with Gasteiger partial charge in [-0.25, -0.2) is 13.2 Å². The Morgan fingerprint density at radius 1 is 0.800 bits per heavy atom. The van der Waals surface area contributed by atoms with E-state index in [-0.39, 0.29) is 17.3 Å². The van der Waals surface area contributed by atoms with Crippen LogP contribution in [0, 0.1) is 0 Å². The predicted octanol–water partition coefficient (Wildman–Crippen LogP) is 2.91. The molecule has 0 spiro atoms. The monoisotopic (exact) mass is 424 g/mol. The summed E-state index contributed by atoms with van der Waals surface area (Å²) in [6.45, 7) is 0.269. The average Bonchev–Trinajstić information content (AvgIpc) is 2.73. The third kappa shape index (κ3) is 5.58. The summed E-state index contributed by atoms with van der Waals surface area (Å²) < 4.78 is 27.4. The Kier molecular flexibility index (Phi) is 6.33. The number of hydrogen-bond donors (Lipinski definition) is 4. The number of sulfonamides is 1. The number of amides is 3. The van der Waals surface area contributed by atoms with E-state index in [2.05, 4.69) is 15.4 Å². The van der Waals surface area contributed by atoms with Gasteiger partial charge < -0.3 is 16.4 Å². The first-order valence-corrected chi connectivity index (χ1v) is 10.4. The van der Waals surface area contributed by atoms with Crippen molar-refractivity contribution in [1.29, 1.82) is 0 Å². The molecule has 0 heterocycles. The first-order valence-electron chi connectivity index (χ1n) is 8.95. The fourth-order valence-electron chi connectivity index (χ4n) is 2.64. The van der Waals surface area contributed by atoms with Gasteiger partial charge in [0.2, 0.25) is 0 Å². The SMILES string of the molecule is NC(=O)Nc1ccc(CNC(=O)c2ccc(S(=O)(=O)Nc3ccccc3)cc2)cc1. The Morgan fingerprint density at radius 2 is 1.43 bits per heavy atom. The Balaban J connectivity index is 1.60. The molecule has 0 aliphatic heterocycles. The molecule has 3 rings (SSSR count). The van der Waals surface area contributed by atoms with Crippen LogP contribution in [0.25, 0.3) is 0 Å². The van der Waals surface area contributed by atoms with E-state index >= 15 is 0 Å². The maximum Gasteiger partial charge on any atom is 0.316 e. The van der Waals surface area contributed by atoms with E-state index in [4.69, 9.17) is 5.73 Å². The van der Waals surface area contributed by atoms with Gasteiger partial charge in [-0.05, 0) is 54.1 Å². The highest BCUT2D eigenvalue weighted by atomic mass is 32.2. The molecule has 0 aromatic heterocycles. The number of anilines is 2. The van der Waals surface area contributed by atoms with Gasteiger partial charge in [-0.2, -0.15) is 0 Å². The van der Waals surface area contributed by atoms with Crippen LogP contribution in [-0.2, 0) is 16.6 Å². The van der Waals surface area contributed by atoms with Gasteiger partial charge in [-0.1, -0.05) is 30.3 Å². The lowest BCUT2D eigenvalue weighted by atomic mass is 10.2. The van der Waals surface area contributed by atoms with Crippen LogP contribution in [0.15, 0.2) is 83.8 Å². The van der Waals surface area contributed by atoms with Crippen LogP contribution < -0.4 is 21.1 Å². The van der Waals surface area contributed by atoms with Crippen LogP contribution in [0.3, 0.4) is 0 Å². The lowest BCUT2D eigenvalue weighted by Gasteiger charge is -2.09. The summed E-state index contributed by atoms with van der Waals surface area (Å²) in [4.78, 5) is 23.2. The van der Waals surface area contributed by atoms with Gasteiger partial charge in [-0.15, -0.1) is 0 Å². The molecule has 0 aliphatic carbocycles. The zero-order valence-electron chi connectivity index (χ0n) is 15.8. The zero-order chi connectivity index (χ0) is 21.6. The molecule has 3 aromatic carbocycles. The van der Waals surface area contributed by atoms with Gasteiger partial charge in [-0.3, -0.25) is 9.52 Å². The van der Waals surface area contributed by atoms with Crippen LogP contribution in [0.2, 0.25) is 0 Å². The lowest BCUT2D eigenvalue weighted by Crippen LogP contribution is -2.23. The highest BCUT2D eigenvalue weighted by Gasteiger charge is 2.15. The number of carbonyl (C=O) groups excluding carboxylic acids is 2. The molecule has 154 valence electrons. The Labute approximate surface area is 174 Å². The second-order valence-corrected chi connectivity index (χ2v) is 8.05. The van der Waals surface area contributed by atoms with Crippen LogP contribution >= 0.6 is 0 Å². The van der Waals surface area contributed by atoms with E-state index in [9.17, 15) is 18.0 Å². The number of rotatable bonds is 7. The summed E-state index contributed by atoms with van der Waals surface area (Å²) in [6, 6.07) is 20.4. The molecule has 0 fully saturated rings. The van der Waals surface area contributed by atoms with Crippen molar-refractivity contribution >= 4 is 33.3 Å². The standard InChI is InChI=1S/C21H20N4O4S/c22-21(27)24-17-10-6-15(7-11-17)14-23-20(26)16-8-12-19(13-9-16)30(28,29)25-18-4-2-1-3-5-18/h1-13,25H,14H2,(H,23,26)(H3,22,24,27). The molecule has 0 saturated heterocycles. The van der Waals surface area contributed by atoms with Gasteiger partial charge in [0, 0.05) is 23.5 Å². The van der Waals surface area contributed by atoms with Gasteiger partial charge in [0.15, 0.2) is 0 Å². The number of hydrogen-bond acceptors (Lipinski definition) is 4. The van der Waals surface area contributed by atoms with Gasteiger partial charge in [0.1, 0.15) is 0 Å². The fourth-order valence-corrected chi connectivity index (χ4v) is 3.70. The van der Waals surface area contributed by atoms with E-state index < -0.39 is 16.1 Å². The molecule has 0 saturated carbocycles. The number of carbonyl (C=O) groups is 2. The van der Waals surface area contributed by atoms with Crippen LogP contribution in [0.5, 0.6) is 0 Å². The van der Waals surface area contributed by atoms with Crippen molar-refractivity contribution in [3.63, 3.8) is 0 Å². The quantitative estimate of drug-likeness (QED) is 0.464. The third-order valence-corrected chi connectivity index (χ3v) is 5.52. The second-order valence-electron chi connectivity index (χ2n) is 6.36. The molecule has 30 heavy (non-hydrogen) atoms. The molecule has 5 N–H and O–H groups in total. The number of urea groups is 1. The van der Waals surface area contributed by atoms with Gasteiger partial charge in [0.25, 0.3) is 15.9 Å². The van der Waals surface area contributed by atoms with Gasteiger partial charge in [0.05, 0.1) is 4.90 Å². The van der Waals surface area contributed by atoms with Crippen molar-refractivity contribution in [3.8, 4) is 0 Å². The minimum Gasteiger partial charge on any atom is -0.351 e. The van der Waals surface area contributed by atoms with Crippen molar-refractivity contribution in [2.75, 3.05) is 10.0 Å². The second kappa shape index (κ2) is 9.10. The molecule has 0 unspecified atom stereocenters. The molecule has 0 radical (unpaired) electrons. The predicted molar refractivity (Wildman–Crippen MR) is 115 cm³/mol. The molecule has 0 atom stereocenters. The molecule has 8 nitrogen and oxygen atoms in total. The Hall–Kier alpha value is -3.85. The number of nitrogens with two attached hydrogens (primary N) is 1. The highest BCUT2D eigenvalue weighted by molar-refractivity contribution is 7.92. The minimum absolute atomic E-state index is 0.0560. The maximum absolute atomic E-state index is 12.4. The summed E-state index contributed by atoms with van der Waals surface area (Å²) in [5.74, 6) is -0.339. The molecule has 9 heteroatoms. The molecular weight excluding hydrogens is 404 g/mol. The number of benzene rings is 3. The molecule has 3 amide bonds. The van der Waals surface area contributed by atoms with Crippen molar-refractivity contribution in [2.24, 2.45) is 5.73 Å². The summed E-state index contributed by atoms with van der Waals surface area (Å²) in [6.07, 6.45) is 0. The largest absolute Gasteiger partial charge is 0.351 e. The number of primary amides is 1. The van der Waals surface area contributed by atoms with E-state index in [1.165, 1.54) is 24.3 Å². The molecule has 0 bridgehead atoms. The first-order chi connectivity index (χ1) is 14.3. The molecular formula is C21H20N4O4S. The van der Waals surface area contributed by atoms with E-state index in [1.54, 1.807) is 54.6 Å². The Bertz CT molecular complexity index is 1130. The topological polar surface area (TPSA) is 130 Å². The molecule has 0 aliphatic rings. The van der Waals surface area contributed by atoms with E-state index in [1.807, 2.05) is 0 Å². The smallest absolute Gasteiger partial charge is 0.316 e. The maximum atomic E-state index is 12.4. The summed E-state index contributed by atoms with van der Waals surface area (Å²) in [5, 5.41) is 5.21. The van der Waals surface area contributed by atoms with E-state index in [0.29, 0.717) is 16.9 Å². The third-order valence-electron chi connectivity index (χ3n) is 4.13. The number of nitrogens with one attached hydrogen (secondary N) is 3. The van der Waals surface area contributed by atoms with Crippen molar-refractivity contribution < 1.29 is 18.0 Å². The summed E-state index contributed by atoms with van der Waals surface area (Å²) in [7, 11) is -3.74. The summed E-state index contributed by atoms with van der Waals surface area (Å²) in [5.41, 5.74) is 7.22. The van der Waals surface area contributed by atoms with Crippen LogP contribution in [0.4, 0.5) is 16.2 Å². The van der Waals surface area contributed by atoms with Crippen molar-refractivity contribution in [1.82, 2.24) is 5.32 Å².